The molecule has 3 unspecified atom stereocenters. The summed E-state index contributed by atoms with van der Waals surface area (Å²) in [6.07, 6.45) is 0. The third-order valence-electron chi connectivity index (χ3n) is 2.50. The molecule has 0 aliphatic carbocycles. The van der Waals surface area contributed by atoms with Crippen molar-refractivity contribution < 1.29 is 14.6 Å². The van der Waals surface area contributed by atoms with Gasteiger partial charge in [0.05, 0.1) is 6.61 Å². The molecule has 1 saturated heterocycles. The topological polar surface area (TPSA) is 49.8 Å². The molecule has 5 heteroatoms. The van der Waals surface area contributed by atoms with Crippen LogP contribution in [0.25, 0.3) is 0 Å². The lowest BCUT2D eigenvalue weighted by molar-refractivity contribution is -0.145. The number of hydrogen-bond acceptors (Lipinski definition) is 4. The van der Waals surface area contributed by atoms with Crippen molar-refractivity contribution in [2.24, 2.45) is 0 Å². The molecule has 15 heavy (non-hydrogen) atoms. The van der Waals surface area contributed by atoms with E-state index in [4.69, 9.17) is 9.84 Å². The maximum absolute atomic E-state index is 11.1. The van der Waals surface area contributed by atoms with Crippen LogP contribution in [0.5, 0.6) is 0 Å². The number of hydrogen-bond donors (Lipinski definition) is 1. The van der Waals surface area contributed by atoms with Crippen molar-refractivity contribution in [2.45, 2.75) is 30.4 Å². The normalized spacial score (nSPS) is 30.1. The Hall–Kier alpha value is -0.260. The van der Waals surface area contributed by atoms with Crippen molar-refractivity contribution in [2.75, 3.05) is 26.8 Å². The quantitative estimate of drug-likeness (QED) is 0.782. The Morgan fingerprint density at radius 1 is 1.53 bits per heavy atom. The van der Waals surface area contributed by atoms with Gasteiger partial charge >= 0.3 is 5.97 Å². The lowest BCUT2D eigenvalue weighted by Gasteiger charge is -2.37. The highest BCUT2D eigenvalue weighted by atomic mass is 32.2. The highest BCUT2D eigenvalue weighted by Gasteiger charge is 2.31. The number of aliphatic carboxylic acids is 1. The Morgan fingerprint density at radius 2 is 2.07 bits per heavy atom. The SMILES string of the molecule is COCC(C(=O)O)N1CC(C)SC(C)C1. The predicted molar refractivity (Wildman–Crippen MR) is 61.4 cm³/mol. The van der Waals surface area contributed by atoms with Gasteiger partial charge in [-0.1, -0.05) is 13.8 Å². The molecular formula is C10H19NO3S. The minimum absolute atomic E-state index is 0.263. The van der Waals surface area contributed by atoms with E-state index in [9.17, 15) is 4.79 Å². The zero-order valence-corrected chi connectivity index (χ0v) is 10.3. The van der Waals surface area contributed by atoms with Crippen LogP contribution in [0, 0.1) is 0 Å². The van der Waals surface area contributed by atoms with Crippen molar-refractivity contribution >= 4 is 17.7 Å². The van der Waals surface area contributed by atoms with Crippen LogP contribution in [0.3, 0.4) is 0 Å². The second-order valence-electron chi connectivity index (χ2n) is 4.02. The number of nitrogens with zero attached hydrogens (tertiary/aromatic N) is 1. The Bertz CT molecular complexity index is 215. The van der Waals surface area contributed by atoms with E-state index in [1.807, 2.05) is 16.7 Å². The van der Waals surface area contributed by atoms with E-state index >= 15 is 0 Å². The second-order valence-corrected chi connectivity index (χ2v) is 5.90. The van der Waals surface area contributed by atoms with Crippen molar-refractivity contribution in [1.29, 1.82) is 0 Å². The average molecular weight is 233 g/mol. The molecule has 0 aromatic rings. The molecule has 0 bridgehead atoms. The summed E-state index contributed by atoms with van der Waals surface area (Å²) in [6.45, 7) is 6.20. The smallest absolute Gasteiger partial charge is 0.323 e. The van der Waals surface area contributed by atoms with Gasteiger partial charge < -0.3 is 9.84 Å². The fraction of sp³-hybridized carbons (Fsp3) is 0.900. The number of thioether (sulfide) groups is 1. The van der Waals surface area contributed by atoms with Gasteiger partial charge in [-0.3, -0.25) is 9.69 Å². The summed E-state index contributed by atoms with van der Waals surface area (Å²) >= 11 is 1.92. The summed E-state index contributed by atoms with van der Waals surface area (Å²) in [5, 5.41) is 10.1. The van der Waals surface area contributed by atoms with Crippen molar-refractivity contribution in [3.63, 3.8) is 0 Å². The fourth-order valence-electron chi connectivity index (χ4n) is 1.96. The number of rotatable bonds is 4. The third-order valence-corrected chi connectivity index (χ3v) is 3.73. The standard InChI is InChI=1S/C10H19NO3S/c1-7-4-11(5-8(2)15-7)9(6-14-3)10(12)13/h7-9H,4-6H2,1-3H3,(H,12,13). The summed E-state index contributed by atoms with van der Waals surface area (Å²) in [5.41, 5.74) is 0. The molecule has 0 spiro atoms. The van der Waals surface area contributed by atoms with E-state index in [0.29, 0.717) is 10.5 Å². The first kappa shape index (κ1) is 12.8. The van der Waals surface area contributed by atoms with Crippen LogP contribution in [-0.4, -0.2) is 59.3 Å². The summed E-state index contributed by atoms with van der Waals surface area (Å²) < 4.78 is 4.96. The number of carboxylic acids is 1. The van der Waals surface area contributed by atoms with Gasteiger partial charge in [-0.15, -0.1) is 0 Å². The molecule has 1 aliphatic heterocycles. The predicted octanol–water partition coefficient (Wildman–Crippen LogP) is 0.912. The molecule has 1 rings (SSSR count). The number of carbonyl (C=O) groups is 1. The van der Waals surface area contributed by atoms with Gasteiger partial charge in [0.15, 0.2) is 0 Å². The Morgan fingerprint density at radius 3 is 2.47 bits per heavy atom. The van der Waals surface area contributed by atoms with Gasteiger partial charge in [0, 0.05) is 30.7 Å². The average Bonchev–Trinajstić information content (AvgIpc) is 2.11. The van der Waals surface area contributed by atoms with Crippen LogP contribution >= 0.6 is 11.8 Å². The Balaban J connectivity index is 2.61. The molecule has 0 radical (unpaired) electrons. The highest BCUT2D eigenvalue weighted by molar-refractivity contribution is 8.00. The molecule has 1 fully saturated rings. The molecule has 4 nitrogen and oxygen atoms in total. The van der Waals surface area contributed by atoms with Crippen LogP contribution in [0.4, 0.5) is 0 Å². The Kier molecular flexibility index (Phi) is 4.89. The minimum Gasteiger partial charge on any atom is -0.480 e. The molecule has 88 valence electrons. The van der Waals surface area contributed by atoms with Crippen LogP contribution in [-0.2, 0) is 9.53 Å². The first-order valence-electron chi connectivity index (χ1n) is 5.15. The molecule has 0 saturated carbocycles. The van der Waals surface area contributed by atoms with Crippen LogP contribution in [0.1, 0.15) is 13.8 Å². The van der Waals surface area contributed by atoms with E-state index < -0.39 is 12.0 Å². The number of ether oxygens (including phenoxy) is 1. The van der Waals surface area contributed by atoms with E-state index in [2.05, 4.69) is 13.8 Å². The molecular weight excluding hydrogens is 214 g/mol. The monoisotopic (exact) mass is 233 g/mol. The van der Waals surface area contributed by atoms with E-state index in [-0.39, 0.29) is 6.61 Å². The fourth-order valence-corrected chi connectivity index (χ4v) is 3.31. The van der Waals surface area contributed by atoms with Crippen molar-refractivity contribution in [1.82, 2.24) is 4.90 Å². The number of carboxylic acid groups (broad SMARTS) is 1. The zero-order valence-electron chi connectivity index (χ0n) is 9.47. The first-order chi connectivity index (χ1) is 7.04. The lowest BCUT2D eigenvalue weighted by atomic mass is 10.2. The van der Waals surface area contributed by atoms with E-state index in [0.717, 1.165) is 13.1 Å². The van der Waals surface area contributed by atoms with Crippen molar-refractivity contribution in [3.8, 4) is 0 Å². The molecule has 0 aromatic heterocycles. The van der Waals surface area contributed by atoms with Crippen LogP contribution in [0.15, 0.2) is 0 Å². The highest BCUT2D eigenvalue weighted by Crippen LogP contribution is 2.25. The van der Waals surface area contributed by atoms with Gasteiger partial charge in [-0.25, -0.2) is 0 Å². The molecule has 0 aromatic carbocycles. The number of methoxy groups -OCH3 is 1. The van der Waals surface area contributed by atoms with Gasteiger partial charge in [-0.05, 0) is 0 Å². The summed E-state index contributed by atoms with van der Waals surface area (Å²) in [6, 6.07) is -0.499. The van der Waals surface area contributed by atoms with Gasteiger partial charge in [0.1, 0.15) is 6.04 Å². The maximum Gasteiger partial charge on any atom is 0.323 e. The second kappa shape index (κ2) is 5.72. The van der Waals surface area contributed by atoms with Gasteiger partial charge in [0.2, 0.25) is 0 Å². The van der Waals surface area contributed by atoms with E-state index in [1.165, 1.54) is 0 Å². The minimum atomic E-state index is -0.789. The van der Waals surface area contributed by atoms with Gasteiger partial charge in [-0.2, -0.15) is 11.8 Å². The summed E-state index contributed by atoms with van der Waals surface area (Å²) in [7, 11) is 1.54. The molecule has 1 heterocycles. The molecule has 1 aliphatic rings. The summed E-state index contributed by atoms with van der Waals surface area (Å²) in [4.78, 5) is 13.1. The first-order valence-corrected chi connectivity index (χ1v) is 6.10. The maximum atomic E-state index is 11.1. The Labute approximate surface area is 95.0 Å². The van der Waals surface area contributed by atoms with E-state index in [1.54, 1.807) is 7.11 Å². The molecule has 3 atom stereocenters. The zero-order chi connectivity index (χ0) is 11.4. The lowest BCUT2D eigenvalue weighted by Crippen LogP contribution is -2.51. The molecule has 1 N–H and O–H groups in total. The molecule has 0 amide bonds. The summed E-state index contributed by atoms with van der Waals surface area (Å²) in [5.74, 6) is -0.789. The van der Waals surface area contributed by atoms with Crippen LogP contribution < -0.4 is 0 Å². The third kappa shape index (κ3) is 3.66. The van der Waals surface area contributed by atoms with Gasteiger partial charge in [0.25, 0.3) is 0 Å². The van der Waals surface area contributed by atoms with Crippen LogP contribution in [0.2, 0.25) is 0 Å². The largest absolute Gasteiger partial charge is 0.480 e. The van der Waals surface area contributed by atoms with Crippen molar-refractivity contribution in [3.05, 3.63) is 0 Å².